The lowest BCUT2D eigenvalue weighted by molar-refractivity contribution is -0.0117. The number of rotatable bonds is 5. The zero-order chi connectivity index (χ0) is 15.5. The van der Waals surface area contributed by atoms with Gasteiger partial charge in [-0.2, -0.15) is 11.8 Å². The largest absolute Gasteiger partial charge is 0.379 e. The van der Waals surface area contributed by atoms with Crippen molar-refractivity contribution in [1.29, 1.82) is 0 Å². The number of thioether (sulfide) groups is 1. The van der Waals surface area contributed by atoms with Gasteiger partial charge in [-0.15, -0.1) is 0 Å². The molecule has 0 aromatic heterocycles. The minimum Gasteiger partial charge on any atom is -0.379 e. The normalized spacial score (nSPS) is 27.1. The van der Waals surface area contributed by atoms with E-state index in [1.807, 2.05) is 17.8 Å². The van der Waals surface area contributed by atoms with E-state index < -0.39 is 10.0 Å². The molecule has 0 amide bonds. The monoisotopic (exact) mass is 342 g/mol. The number of nitrogens with one attached hydrogen (secondary N) is 1. The Bertz CT molecular complexity index is 580. The number of morpholine rings is 1. The van der Waals surface area contributed by atoms with Crippen LogP contribution in [0.5, 0.6) is 0 Å². The first-order chi connectivity index (χ1) is 10.6. The van der Waals surface area contributed by atoms with Crippen LogP contribution in [-0.4, -0.2) is 63.2 Å². The highest BCUT2D eigenvalue weighted by atomic mass is 32.2. The average molecular weight is 342 g/mol. The average Bonchev–Trinajstić information content (AvgIpc) is 3.05. The van der Waals surface area contributed by atoms with Crippen LogP contribution in [0.1, 0.15) is 6.42 Å². The lowest BCUT2D eigenvalue weighted by atomic mass is 9.96. The Kier molecular flexibility index (Phi) is 5.09. The highest BCUT2D eigenvalue weighted by molar-refractivity contribution is 7.99. The highest BCUT2D eigenvalue weighted by Crippen LogP contribution is 2.33. The summed E-state index contributed by atoms with van der Waals surface area (Å²) >= 11 is 1.90. The first-order valence-corrected chi connectivity index (χ1v) is 10.2. The van der Waals surface area contributed by atoms with Gasteiger partial charge in [-0.25, -0.2) is 13.1 Å². The third-order valence-electron chi connectivity index (χ3n) is 4.41. The highest BCUT2D eigenvalue weighted by Gasteiger charge is 2.41. The van der Waals surface area contributed by atoms with Crippen molar-refractivity contribution in [2.75, 3.05) is 44.4 Å². The Hall–Kier alpha value is -0.600. The fraction of sp³-hybridized carbons (Fsp3) is 0.600. The number of benzene rings is 1. The molecular formula is C15H22N2O3S2. The topological polar surface area (TPSA) is 58.6 Å². The van der Waals surface area contributed by atoms with Crippen molar-refractivity contribution in [3.63, 3.8) is 0 Å². The third kappa shape index (κ3) is 3.49. The first-order valence-electron chi connectivity index (χ1n) is 7.58. The fourth-order valence-electron chi connectivity index (χ4n) is 3.05. The molecule has 1 aromatic carbocycles. The summed E-state index contributed by atoms with van der Waals surface area (Å²) < 4.78 is 33.2. The number of ether oxygens (including phenoxy) is 1. The van der Waals surface area contributed by atoms with Gasteiger partial charge in [-0.1, -0.05) is 18.2 Å². The molecule has 0 saturated carbocycles. The summed E-state index contributed by atoms with van der Waals surface area (Å²) in [5.41, 5.74) is -0.0731. The minimum absolute atomic E-state index is 0.0731. The molecule has 5 nitrogen and oxygen atoms in total. The van der Waals surface area contributed by atoms with Crippen LogP contribution in [0.2, 0.25) is 0 Å². The van der Waals surface area contributed by atoms with Gasteiger partial charge in [0.05, 0.1) is 18.1 Å². The van der Waals surface area contributed by atoms with E-state index in [4.69, 9.17) is 4.74 Å². The molecule has 3 rings (SSSR count). The standard InChI is InChI=1S/C15H22N2O3S2/c18-22(19,14-4-2-1-3-5-14)16-12-15(6-11-21-13-15)17-7-9-20-10-8-17/h1-5,16H,6-13H2/t15-/m1/s1. The molecule has 7 heteroatoms. The van der Waals surface area contributed by atoms with E-state index >= 15 is 0 Å². The lowest BCUT2D eigenvalue weighted by Crippen LogP contribution is -2.59. The van der Waals surface area contributed by atoms with Crippen molar-refractivity contribution in [3.05, 3.63) is 30.3 Å². The van der Waals surface area contributed by atoms with Gasteiger partial charge in [0.25, 0.3) is 0 Å². The van der Waals surface area contributed by atoms with Crippen LogP contribution in [0, 0.1) is 0 Å². The number of nitrogens with zero attached hydrogens (tertiary/aromatic N) is 1. The molecule has 0 unspecified atom stereocenters. The number of hydrogen-bond acceptors (Lipinski definition) is 5. The molecule has 0 spiro atoms. The Morgan fingerprint density at radius 1 is 1.23 bits per heavy atom. The van der Waals surface area contributed by atoms with Crippen LogP contribution in [0.3, 0.4) is 0 Å². The molecule has 1 atom stereocenters. The van der Waals surface area contributed by atoms with E-state index in [9.17, 15) is 8.42 Å². The maximum Gasteiger partial charge on any atom is 0.240 e. The first kappa shape index (κ1) is 16.3. The van der Waals surface area contributed by atoms with E-state index in [1.165, 1.54) is 0 Å². The molecule has 122 valence electrons. The van der Waals surface area contributed by atoms with Gasteiger partial charge in [-0.3, -0.25) is 4.90 Å². The van der Waals surface area contributed by atoms with Gasteiger partial charge in [0.15, 0.2) is 0 Å². The van der Waals surface area contributed by atoms with Crippen LogP contribution >= 0.6 is 11.8 Å². The van der Waals surface area contributed by atoms with Crippen LogP contribution in [0.25, 0.3) is 0 Å². The smallest absolute Gasteiger partial charge is 0.240 e. The van der Waals surface area contributed by atoms with Gasteiger partial charge >= 0.3 is 0 Å². The molecule has 0 bridgehead atoms. The predicted octanol–water partition coefficient (Wildman–Crippen LogP) is 1.17. The molecule has 2 fully saturated rings. The summed E-state index contributed by atoms with van der Waals surface area (Å²) in [5, 5.41) is 0. The number of sulfonamides is 1. The van der Waals surface area contributed by atoms with Gasteiger partial charge < -0.3 is 4.74 Å². The Morgan fingerprint density at radius 2 is 1.95 bits per heavy atom. The molecule has 0 aliphatic carbocycles. The van der Waals surface area contributed by atoms with Crippen molar-refractivity contribution in [3.8, 4) is 0 Å². The number of hydrogen-bond donors (Lipinski definition) is 1. The quantitative estimate of drug-likeness (QED) is 0.871. The molecule has 2 aliphatic rings. The van der Waals surface area contributed by atoms with E-state index in [0.717, 1.165) is 44.2 Å². The molecular weight excluding hydrogens is 320 g/mol. The molecule has 1 N–H and O–H groups in total. The second kappa shape index (κ2) is 6.88. The fourth-order valence-corrected chi connectivity index (χ4v) is 5.67. The van der Waals surface area contributed by atoms with E-state index in [-0.39, 0.29) is 5.54 Å². The zero-order valence-corrected chi connectivity index (χ0v) is 14.2. The van der Waals surface area contributed by atoms with Gasteiger partial charge in [-0.05, 0) is 24.3 Å². The van der Waals surface area contributed by atoms with E-state index in [1.54, 1.807) is 24.3 Å². The SMILES string of the molecule is O=S(=O)(NC[C@]1(N2CCOCC2)CCSC1)c1ccccc1. The molecule has 0 radical (unpaired) electrons. The molecule has 2 aliphatic heterocycles. The summed E-state index contributed by atoms with van der Waals surface area (Å²) in [5.74, 6) is 2.06. The third-order valence-corrected chi connectivity index (χ3v) is 7.06. The van der Waals surface area contributed by atoms with Crippen LogP contribution in [-0.2, 0) is 14.8 Å². The Labute approximate surface area is 136 Å². The van der Waals surface area contributed by atoms with Gasteiger partial charge in [0, 0.05) is 30.9 Å². The molecule has 1 aromatic rings. The Balaban J connectivity index is 1.72. The summed E-state index contributed by atoms with van der Waals surface area (Å²) in [6.45, 7) is 3.70. The molecule has 22 heavy (non-hydrogen) atoms. The summed E-state index contributed by atoms with van der Waals surface area (Å²) in [6.07, 6.45) is 1.02. The second-order valence-electron chi connectivity index (χ2n) is 5.76. The van der Waals surface area contributed by atoms with Crippen molar-refractivity contribution in [1.82, 2.24) is 9.62 Å². The van der Waals surface area contributed by atoms with Crippen LogP contribution in [0.15, 0.2) is 35.2 Å². The van der Waals surface area contributed by atoms with Crippen molar-refractivity contribution >= 4 is 21.8 Å². The summed E-state index contributed by atoms with van der Waals surface area (Å²) in [6, 6.07) is 8.58. The van der Waals surface area contributed by atoms with Crippen molar-refractivity contribution in [2.45, 2.75) is 16.9 Å². The maximum absolute atomic E-state index is 12.5. The zero-order valence-electron chi connectivity index (χ0n) is 12.5. The summed E-state index contributed by atoms with van der Waals surface area (Å²) in [4.78, 5) is 2.74. The second-order valence-corrected chi connectivity index (χ2v) is 8.64. The van der Waals surface area contributed by atoms with Gasteiger partial charge in [0.1, 0.15) is 0 Å². The lowest BCUT2D eigenvalue weighted by Gasteiger charge is -2.43. The van der Waals surface area contributed by atoms with Crippen LogP contribution < -0.4 is 4.72 Å². The van der Waals surface area contributed by atoms with E-state index in [2.05, 4.69) is 9.62 Å². The minimum atomic E-state index is -3.44. The maximum atomic E-state index is 12.5. The molecule has 2 saturated heterocycles. The van der Waals surface area contributed by atoms with Crippen molar-refractivity contribution in [2.24, 2.45) is 0 Å². The predicted molar refractivity (Wildman–Crippen MR) is 88.7 cm³/mol. The summed E-state index contributed by atoms with van der Waals surface area (Å²) in [7, 11) is -3.44. The van der Waals surface area contributed by atoms with E-state index in [0.29, 0.717) is 11.4 Å². The molecule has 2 heterocycles. The van der Waals surface area contributed by atoms with Crippen molar-refractivity contribution < 1.29 is 13.2 Å². The van der Waals surface area contributed by atoms with Crippen LogP contribution in [0.4, 0.5) is 0 Å². The van der Waals surface area contributed by atoms with Gasteiger partial charge in [0.2, 0.25) is 10.0 Å². The Morgan fingerprint density at radius 3 is 2.59 bits per heavy atom.